The van der Waals surface area contributed by atoms with Gasteiger partial charge in [-0.2, -0.15) is 0 Å². The van der Waals surface area contributed by atoms with Crippen molar-refractivity contribution in [2.75, 3.05) is 0 Å². The fourth-order valence-corrected chi connectivity index (χ4v) is 2.36. The van der Waals surface area contributed by atoms with Gasteiger partial charge in [-0.05, 0) is 69.4 Å². The van der Waals surface area contributed by atoms with Crippen LogP contribution in [0.15, 0.2) is 36.4 Å². The summed E-state index contributed by atoms with van der Waals surface area (Å²) in [7, 11) is 0. The van der Waals surface area contributed by atoms with Crippen molar-refractivity contribution in [3.8, 4) is 11.5 Å². The van der Waals surface area contributed by atoms with E-state index in [0.29, 0.717) is 7.14 Å². The maximum Gasteiger partial charge on any atom is 2.00 e. The smallest absolute Gasteiger partial charge is 0.545 e. The summed E-state index contributed by atoms with van der Waals surface area (Å²) < 4.78 is 1.01. The van der Waals surface area contributed by atoms with Crippen molar-refractivity contribution in [2.24, 2.45) is 0 Å². The predicted octanol–water partition coefficient (Wildman–Crippen LogP) is 0.718. The summed E-state index contributed by atoms with van der Waals surface area (Å²) in [5.74, 6) is -3.18. The second kappa shape index (κ2) is 10.0. The van der Waals surface area contributed by atoms with Crippen LogP contribution in [0.2, 0.25) is 0 Å². The standard InChI is InChI=1S/2C7H5IO3.Zn/c2*8-5-3-1-2-4(6(5)9)7(10)11;/h2*1-3,9H,(H,10,11);/q;;+2/p-2. The fraction of sp³-hybridized carbons (Fsp3) is 0. The molecule has 0 spiro atoms. The summed E-state index contributed by atoms with van der Waals surface area (Å²) in [5, 5.41) is 38.9. The quantitative estimate of drug-likeness (QED) is 0.393. The number of carboxylic acid groups (broad SMARTS) is 2. The Morgan fingerprint density at radius 1 is 0.783 bits per heavy atom. The molecule has 0 aromatic heterocycles. The van der Waals surface area contributed by atoms with Crippen molar-refractivity contribution in [3.63, 3.8) is 0 Å². The summed E-state index contributed by atoms with van der Waals surface area (Å²) in [6.07, 6.45) is 0. The summed E-state index contributed by atoms with van der Waals surface area (Å²) in [5.41, 5.74) is -0.339. The van der Waals surface area contributed by atoms with E-state index in [9.17, 15) is 19.8 Å². The number of carboxylic acids is 2. The van der Waals surface area contributed by atoms with Gasteiger partial charge in [0.05, 0.1) is 19.1 Å². The molecule has 0 amide bonds. The van der Waals surface area contributed by atoms with Crippen LogP contribution >= 0.6 is 45.2 Å². The van der Waals surface area contributed by atoms with Crippen LogP contribution in [-0.4, -0.2) is 22.2 Å². The van der Waals surface area contributed by atoms with E-state index in [1.807, 2.05) is 45.2 Å². The maximum absolute atomic E-state index is 10.3. The first kappa shape index (κ1) is 22.1. The number of phenols is 2. The molecule has 9 heteroatoms. The van der Waals surface area contributed by atoms with Crippen LogP contribution < -0.4 is 10.2 Å². The molecule has 0 atom stereocenters. The van der Waals surface area contributed by atoms with Gasteiger partial charge >= 0.3 is 19.5 Å². The minimum absolute atomic E-state index is 0. The van der Waals surface area contributed by atoms with Gasteiger partial charge in [0, 0.05) is 11.1 Å². The minimum atomic E-state index is -1.36. The van der Waals surface area contributed by atoms with Crippen LogP contribution in [0, 0.1) is 7.14 Å². The number of para-hydroxylation sites is 2. The van der Waals surface area contributed by atoms with Crippen LogP contribution in [0.1, 0.15) is 20.7 Å². The number of aromatic carboxylic acids is 2. The number of hydrogen-bond acceptors (Lipinski definition) is 6. The van der Waals surface area contributed by atoms with Crippen molar-refractivity contribution in [3.05, 3.63) is 54.7 Å². The van der Waals surface area contributed by atoms with E-state index in [1.165, 1.54) is 12.1 Å². The van der Waals surface area contributed by atoms with Crippen molar-refractivity contribution in [2.45, 2.75) is 0 Å². The van der Waals surface area contributed by atoms with Crippen molar-refractivity contribution in [1.82, 2.24) is 0 Å². The fourth-order valence-electron chi connectivity index (χ4n) is 1.36. The zero-order valence-electron chi connectivity index (χ0n) is 11.5. The first-order valence-electron chi connectivity index (χ1n) is 5.63. The van der Waals surface area contributed by atoms with Crippen LogP contribution in [0.5, 0.6) is 11.5 Å². The van der Waals surface area contributed by atoms with Crippen molar-refractivity contribution in [1.29, 1.82) is 0 Å². The largest absolute Gasteiger partial charge is 2.00 e. The van der Waals surface area contributed by atoms with Gasteiger partial charge in [0.2, 0.25) is 0 Å². The molecule has 2 aromatic carbocycles. The topological polar surface area (TPSA) is 121 Å². The predicted molar refractivity (Wildman–Crippen MR) is 90.3 cm³/mol. The third-order valence-electron chi connectivity index (χ3n) is 2.41. The van der Waals surface area contributed by atoms with Crippen molar-refractivity contribution >= 4 is 57.1 Å². The normalized spacial score (nSPS) is 9.13. The SMILES string of the molecule is O=C([O-])c1cccc(I)c1O.O=C([O-])c1cccc(I)c1O.[Zn+2]. The van der Waals surface area contributed by atoms with E-state index in [4.69, 9.17) is 10.2 Å². The number of carbonyl (C=O) groups excluding carboxylic acids is 2. The van der Waals surface area contributed by atoms with Gasteiger partial charge in [0.1, 0.15) is 11.5 Å². The molecular weight excluding hydrogens is 583 g/mol. The monoisotopic (exact) mass is 590 g/mol. The molecule has 0 aliphatic rings. The first-order valence-corrected chi connectivity index (χ1v) is 7.79. The Balaban J connectivity index is 0.000000403. The average molecular weight is 591 g/mol. The number of halogens is 2. The molecule has 23 heavy (non-hydrogen) atoms. The Morgan fingerprint density at radius 3 is 1.30 bits per heavy atom. The van der Waals surface area contributed by atoms with Gasteiger partial charge in [-0.3, -0.25) is 0 Å². The average Bonchev–Trinajstić information content (AvgIpc) is 2.45. The zero-order chi connectivity index (χ0) is 16.9. The molecule has 2 rings (SSSR count). The third kappa shape index (κ3) is 6.23. The second-order valence-corrected chi connectivity index (χ2v) is 6.17. The molecule has 116 valence electrons. The molecule has 2 N–H and O–H groups in total. The molecule has 0 heterocycles. The van der Waals surface area contributed by atoms with Gasteiger partial charge in [-0.15, -0.1) is 0 Å². The number of benzene rings is 2. The van der Waals surface area contributed by atoms with E-state index in [0.717, 1.165) is 0 Å². The molecule has 0 aliphatic heterocycles. The Labute approximate surface area is 171 Å². The molecule has 0 radical (unpaired) electrons. The molecule has 0 saturated heterocycles. The molecule has 0 aliphatic carbocycles. The third-order valence-corrected chi connectivity index (χ3v) is 4.15. The van der Waals surface area contributed by atoms with E-state index in [2.05, 4.69) is 0 Å². The van der Waals surface area contributed by atoms with Gasteiger partial charge in [-0.25, -0.2) is 0 Å². The summed E-state index contributed by atoms with van der Waals surface area (Å²) >= 11 is 3.68. The molecule has 0 saturated carbocycles. The molecular formula is C14H8I2O6Zn. The van der Waals surface area contributed by atoms with E-state index in [1.54, 1.807) is 24.3 Å². The number of hydrogen-bond donors (Lipinski definition) is 2. The van der Waals surface area contributed by atoms with Gasteiger partial charge in [0.15, 0.2) is 0 Å². The van der Waals surface area contributed by atoms with Crippen LogP contribution in [0.25, 0.3) is 0 Å². The van der Waals surface area contributed by atoms with Gasteiger partial charge in [-0.1, -0.05) is 12.1 Å². The summed E-state index contributed by atoms with van der Waals surface area (Å²) in [6.45, 7) is 0. The van der Waals surface area contributed by atoms with Crippen LogP contribution in [0.4, 0.5) is 0 Å². The number of aromatic hydroxyl groups is 2. The first-order chi connectivity index (χ1) is 10.3. The second-order valence-electron chi connectivity index (χ2n) is 3.85. The Kier molecular flexibility index (Phi) is 9.63. The molecule has 0 fully saturated rings. The molecule has 0 unspecified atom stereocenters. The Morgan fingerprint density at radius 2 is 1.09 bits per heavy atom. The molecule has 0 bridgehead atoms. The van der Waals surface area contributed by atoms with E-state index < -0.39 is 11.9 Å². The van der Waals surface area contributed by atoms with Crippen LogP contribution in [0.3, 0.4) is 0 Å². The van der Waals surface area contributed by atoms with Gasteiger partial charge < -0.3 is 30.0 Å². The van der Waals surface area contributed by atoms with Gasteiger partial charge in [0.25, 0.3) is 0 Å². The maximum atomic E-state index is 10.3. The van der Waals surface area contributed by atoms with Crippen molar-refractivity contribution < 1.29 is 49.5 Å². The van der Waals surface area contributed by atoms with E-state index in [-0.39, 0.29) is 42.1 Å². The summed E-state index contributed by atoms with van der Waals surface area (Å²) in [6, 6.07) is 8.92. The number of rotatable bonds is 2. The Hall–Kier alpha value is -0.937. The summed E-state index contributed by atoms with van der Waals surface area (Å²) in [4.78, 5) is 20.6. The number of carbonyl (C=O) groups is 2. The molecule has 2 aromatic rings. The van der Waals surface area contributed by atoms with Crippen LogP contribution in [-0.2, 0) is 19.5 Å². The zero-order valence-corrected chi connectivity index (χ0v) is 18.7. The molecule has 6 nitrogen and oxygen atoms in total. The minimum Gasteiger partial charge on any atom is -0.545 e. The Bertz CT molecular complexity index is 659. The van der Waals surface area contributed by atoms with E-state index >= 15 is 0 Å².